The SMILES string of the molecule is CCCCCOc1ccc(C=O)cc1OC(=O)CCNC(=O)OC(C)(C)C. The molecule has 0 saturated heterocycles. The van der Waals surface area contributed by atoms with Gasteiger partial charge in [0.2, 0.25) is 0 Å². The quantitative estimate of drug-likeness (QED) is 0.287. The minimum absolute atomic E-state index is 0.0418. The third-order valence-electron chi connectivity index (χ3n) is 3.33. The van der Waals surface area contributed by atoms with Gasteiger partial charge in [-0.15, -0.1) is 0 Å². The predicted molar refractivity (Wildman–Crippen MR) is 101 cm³/mol. The summed E-state index contributed by atoms with van der Waals surface area (Å²) in [7, 11) is 0. The average Bonchev–Trinajstić information content (AvgIpc) is 2.58. The van der Waals surface area contributed by atoms with Crippen LogP contribution in [0.5, 0.6) is 11.5 Å². The molecular formula is C20H29NO6. The van der Waals surface area contributed by atoms with Crippen molar-refractivity contribution in [3.8, 4) is 11.5 Å². The van der Waals surface area contributed by atoms with E-state index in [1.165, 1.54) is 6.07 Å². The zero-order chi connectivity index (χ0) is 20.3. The molecule has 0 aliphatic carbocycles. The van der Waals surface area contributed by atoms with Crippen molar-refractivity contribution in [2.75, 3.05) is 13.2 Å². The topological polar surface area (TPSA) is 90.9 Å². The molecule has 1 N–H and O–H groups in total. The van der Waals surface area contributed by atoms with Crippen molar-refractivity contribution < 1.29 is 28.6 Å². The second-order valence-corrected chi connectivity index (χ2v) is 7.03. The number of hydrogen-bond donors (Lipinski definition) is 1. The molecule has 0 bridgehead atoms. The molecule has 0 spiro atoms. The van der Waals surface area contributed by atoms with Gasteiger partial charge in [-0.1, -0.05) is 19.8 Å². The van der Waals surface area contributed by atoms with Crippen LogP contribution in [-0.4, -0.2) is 37.1 Å². The Hall–Kier alpha value is -2.57. The van der Waals surface area contributed by atoms with Crippen LogP contribution in [-0.2, 0) is 9.53 Å². The van der Waals surface area contributed by atoms with Crippen molar-refractivity contribution >= 4 is 18.3 Å². The fourth-order valence-corrected chi connectivity index (χ4v) is 2.09. The standard InChI is InChI=1S/C20H29NO6/c1-5-6-7-12-25-16-9-8-15(14-22)13-17(16)26-18(23)10-11-21-19(24)27-20(2,3)4/h8-9,13-14H,5-7,10-12H2,1-4H3,(H,21,24). The molecule has 150 valence electrons. The normalized spacial score (nSPS) is 10.8. The lowest BCUT2D eigenvalue weighted by Crippen LogP contribution is -2.34. The van der Waals surface area contributed by atoms with Gasteiger partial charge >= 0.3 is 12.1 Å². The van der Waals surface area contributed by atoms with Crippen molar-refractivity contribution in [1.29, 1.82) is 0 Å². The summed E-state index contributed by atoms with van der Waals surface area (Å²) in [5, 5.41) is 2.49. The molecule has 1 aromatic rings. The van der Waals surface area contributed by atoms with Crippen LogP contribution in [0.3, 0.4) is 0 Å². The Morgan fingerprint density at radius 2 is 1.89 bits per heavy atom. The highest BCUT2D eigenvalue weighted by molar-refractivity contribution is 5.79. The zero-order valence-electron chi connectivity index (χ0n) is 16.5. The van der Waals surface area contributed by atoms with E-state index in [1.807, 2.05) is 0 Å². The second-order valence-electron chi connectivity index (χ2n) is 7.03. The van der Waals surface area contributed by atoms with Crippen LogP contribution in [0.25, 0.3) is 0 Å². The second kappa shape index (κ2) is 11.2. The molecule has 0 unspecified atom stereocenters. The number of esters is 1. The first-order valence-corrected chi connectivity index (χ1v) is 9.14. The Kier molecular flexibility index (Phi) is 9.33. The van der Waals surface area contributed by atoms with Gasteiger partial charge in [0.15, 0.2) is 11.5 Å². The van der Waals surface area contributed by atoms with Gasteiger partial charge in [0, 0.05) is 12.1 Å². The Labute approximate surface area is 160 Å². The molecule has 1 aromatic carbocycles. The first-order chi connectivity index (χ1) is 12.7. The van der Waals surface area contributed by atoms with Crippen molar-refractivity contribution in [3.63, 3.8) is 0 Å². The van der Waals surface area contributed by atoms with Gasteiger partial charge in [-0.25, -0.2) is 4.79 Å². The first kappa shape index (κ1) is 22.5. The van der Waals surface area contributed by atoms with E-state index < -0.39 is 17.7 Å². The number of nitrogens with one attached hydrogen (secondary N) is 1. The maximum Gasteiger partial charge on any atom is 0.407 e. The van der Waals surface area contributed by atoms with Crippen LogP contribution in [0.15, 0.2) is 18.2 Å². The molecule has 0 heterocycles. The number of benzene rings is 1. The summed E-state index contributed by atoms with van der Waals surface area (Å²) >= 11 is 0. The monoisotopic (exact) mass is 379 g/mol. The lowest BCUT2D eigenvalue weighted by Gasteiger charge is -2.19. The van der Waals surface area contributed by atoms with E-state index in [2.05, 4.69) is 12.2 Å². The van der Waals surface area contributed by atoms with Crippen LogP contribution >= 0.6 is 0 Å². The molecule has 0 fully saturated rings. The number of aldehydes is 1. The molecule has 7 nitrogen and oxygen atoms in total. The Morgan fingerprint density at radius 3 is 2.52 bits per heavy atom. The number of hydrogen-bond acceptors (Lipinski definition) is 6. The summed E-state index contributed by atoms with van der Waals surface area (Å²) < 4.78 is 16.1. The third-order valence-corrected chi connectivity index (χ3v) is 3.33. The average molecular weight is 379 g/mol. The fourth-order valence-electron chi connectivity index (χ4n) is 2.09. The third kappa shape index (κ3) is 9.63. The predicted octanol–water partition coefficient (Wildman–Crippen LogP) is 3.89. The highest BCUT2D eigenvalue weighted by Crippen LogP contribution is 2.28. The van der Waals surface area contributed by atoms with Crippen LogP contribution in [0.1, 0.15) is 63.7 Å². The van der Waals surface area contributed by atoms with Crippen LogP contribution in [0.2, 0.25) is 0 Å². The lowest BCUT2D eigenvalue weighted by molar-refractivity contribution is -0.134. The van der Waals surface area contributed by atoms with Gasteiger partial charge in [-0.3, -0.25) is 9.59 Å². The summed E-state index contributed by atoms with van der Waals surface area (Å²) in [5.74, 6) is 0.0519. The van der Waals surface area contributed by atoms with E-state index in [1.54, 1.807) is 32.9 Å². The van der Waals surface area contributed by atoms with Crippen molar-refractivity contribution in [3.05, 3.63) is 23.8 Å². The van der Waals surface area contributed by atoms with E-state index >= 15 is 0 Å². The van der Waals surface area contributed by atoms with E-state index in [4.69, 9.17) is 14.2 Å². The van der Waals surface area contributed by atoms with Gasteiger partial charge in [-0.2, -0.15) is 0 Å². The van der Waals surface area contributed by atoms with E-state index in [9.17, 15) is 14.4 Å². The van der Waals surface area contributed by atoms with Gasteiger partial charge < -0.3 is 19.5 Å². The highest BCUT2D eigenvalue weighted by Gasteiger charge is 2.17. The molecular weight excluding hydrogens is 350 g/mol. The summed E-state index contributed by atoms with van der Waals surface area (Å²) in [4.78, 5) is 34.6. The van der Waals surface area contributed by atoms with Gasteiger partial charge in [0.25, 0.3) is 0 Å². The maximum atomic E-state index is 12.0. The molecule has 0 aliphatic rings. The summed E-state index contributed by atoms with van der Waals surface area (Å²) in [6.45, 7) is 7.93. The molecule has 0 atom stereocenters. The molecule has 0 aromatic heterocycles. The number of unbranched alkanes of at least 4 members (excludes halogenated alkanes) is 2. The van der Waals surface area contributed by atoms with Crippen LogP contribution < -0.4 is 14.8 Å². The minimum atomic E-state index is -0.607. The summed E-state index contributed by atoms with van der Waals surface area (Å²) in [6.07, 6.45) is 3.03. The molecule has 0 saturated carbocycles. The molecule has 27 heavy (non-hydrogen) atoms. The van der Waals surface area contributed by atoms with Crippen molar-refractivity contribution in [1.82, 2.24) is 5.32 Å². The number of carbonyl (C=O) groups excluding carboxylic acids is 3. The highest BCUT2D eigenvalue weighted by atomic mass is 16.6. The molecule has 0 aliphatic heterocycles. The van der Waals surface area contributed by atoms with Crippen molar-refractivity contribution in [2.24, 2.45) is 0 Å². The Bertz CT molecular complexity index is 636. The van der Waals surface area contributed by atoms with E-state index in [0.717, 1.165) is 19.3 Å². The minimum Gasteiger partial charge on any atom is -0.490 e. The summed E-state index contributed by atoms with van der Waals surface area (Å²) in [6, 6.07) is 4.67. The molecule has 1 amide bonds. The van der Waals surface area contributed by atoms with Gasteiger partial charge in [0.1, 0.15) is 11.9 Å². The number of alkyl carbamates (subject to hydrolysis) is 1. The van der Waals surface area contributed by atoms with Crippen molar-refractivity contribution in [2.45, 2.75) is 59.0 Å². The molecule has 0 radical (unpaired) electrons. The van der Waals surface area contributed by atoms with E-state index in [0.29, 0.717) is 24.2 Å². The number of rotatable bonds is 10. The Balaban J connectivity index is 2.57. The number of amides is 1. The van der Waals surface area contributed by atoms with Crippen LogP contribution in [0.4, 0.5) is 4.79 Å². The van der Waals surface area contributed by atoms with E-state index in [-0.39, 0.29) is 18.7 Å². The number of ether oxygens (including phenoxy) is 3. The molecule has 1 rings (SSSR count). The van der Waals surface area contributed by atoms with Gasteiger partial charge in [0.05, 0.1) is 13.0 Å². The first-order valence-electron chi connectivity index (χ1n) is 9.14. The maximum absolute atomic E-state index is 12.0. The fraction of sp³-hybridized carbons (Fsp3) is 0.550. The summed E-state index contributed by atoms with van der Waals surface area (Å²) in [5.41, 5.74) is -0.227. The molecule has 7 heteroatoms. The zero-order valence-corrected chi connectivity index (χ0v) is 16.5. The largest absolute Gasteiger partial charge is 0.490 e. The Morgan fingerprint density at radius 1 is 1.15 bits per heavy atom. The smallest absolute Gasteiger partial charge is 0.407 e. The lowest BCUT2D eigenvalue weighted by atomic mass is 10.2. The van der Waals surface area contributed by atoms with Crippen LogP contribution in [0, 0.1) is 0 Å². The number of carbonyl (C=O) groups is 3. The van der Waals surface area contributed by atoms with Gasteiger partial charge in [-0.05, 0) is 45.4 Å².